The summed E-state index contributed by atoms with van der Waals surface area (Å²) in [6.45, 7) is 4.60. The van der Waals surface area contributed by atoms with Crippen molar-refractivity contribution < 1.29 is 9.59 Å². The highest BCUT2D eigenvalue weighted by atomic mass is 32.1. The van der Waals surface area contributed by atoms with Crippen molar-refractivity contribution in [3.63, 3.8) is 0 Å². The smallest absolute Gasteiger partial charge is 0.274 e. The number of thiophene rings is 1. The Bertz CT molecular complexity index is 726. The van der Waals surface area contributed by atoms with E-state index in [2.05, 4.69) is 21.6 Å². The van der Waals surface area contributed by atoms with Crippen LogP contribution in [0, 0.1) is 0 Å². The van der Waals surface area contributed by atoms with Crippen LogP contribution in [-0.4, -0.2) is 58.0 Å². The summed E-state index contributed by atoms with van der Waals surface area (Å²) in [5, 5.41) is 9.08. The van der Waals surface area contributed by atoms with Crippen LogP contribution in [0.4, 0.5) is 0 Å². The topological polar surface area (TPSA) is 69.3 Å². The molecular formula is C19H26N4O2S. The van der Waals surface area contributed by atoms with E-state index in [0.29, 0.717) is 31.7 Å². The van der Waals surface area contributed by atoms with Crippen molar-refractivity contribution in [3.05, 3.63) is 39.8 Å². The minimum atomic E-state index is -0.0482. The fourth-order valence-corrected chi connectivity index (χ4v) is 3.96. The van der Waals surface area contributed by atoms with E-state index in [9.17, 15) is 9.59 Å². The molecule has 140 valence electrons. The van der Waals surface area contributed by atoms with Crippen molar-refractivity contribution in [2.24, 2.45) is 0 Å². The molecule has 0 aromatic carbocycles. The van der Waals surface area contributed by atoms with Crippen LogP contribution in [0.5, 0.6) is 0 Å². The SMILES string of the molecule is CCc1cc(C(=O)N2CCCN(C(=O)CCCc3cccs3)CC2)n[nH]1. The van der Waals surface area contributed by atoms with E-state index in [1.807, 2.05) is 28.9 Å². The maximum atomic E-state index is 12.6. The van der Waals surface area contributed by atoms with Gasteiger partial charge in [0.25, 0.3) is 5.91 Å². The van der Waals surface area contributed by atoms with Crippen LogP contribution in [0.3, 0.4) is 0 Å². The van der Waals surface area contributed by atoms with E-state index in [-0.39, 0.29) is 11.8 Å². The number of nitrogens with one attached hydrogen (secondary N) is 1. The summed E-state index contributed by atoms with van der Waals surface area (Å²) in [4.78, 5) is 30.1. The Hall–Kier alpha value is -2.15. The first kappa shape index (κ1) is 18.6. The molecule has 1 fully saturated rings. The number of carbonyl (C=O) groups is 2. The standard InChI is InChI=1S/C19H26N4O2S/c1-2-15-14-17(21-20-15)19(25)23-10-5-9-22(11-12-23)18(24)8-3-6-16-7-4-13-26-16/h4,7,13-14H,2-3,5-6,8-12H2,1H3,(H,20,21). The summed E-state index contributed by atoms with van der Waals surface area (Å²) >= 11 is 1.74. The molecule has 2 aromatic rings. The van der Waals surface area contributed by atoms with Gasteiger partial charge in [0.1, 0.15) is 5.69 Å². The van der Waals surface area contributed by atoms with Crippen molar-refractivity contribution in [3.8, 4) is 0 Å². The minimum Gasteiger partial charge on any atom is -0.341 e. The molecule has 3 heterocycles. The van der Waals surface area contributed by atoms with Crippen molar-refractivity contribution in [2.75, 3.05) is 26.2 Å². The Morgan fingerprint density at radius 1 is 1.23 bits per heavy atom. The van der Waals surface area contributed by atoms with Gasteiger partial charge < -0.3 is 9.80 Å². The van der Waals surface area contributed by atoms with Crippen molar-refractivity contribution in [1.29, 1.82) is 0 Å². The van der Waals surface area contributed by atoms with Crippen LogP contribution in [0.2, 0.25) is 0 Å². The van der Waals surface area contributed by atoms with Crippen LogP contribution in [0.15, 0.2) is 23.6 Å². The molecule has 26 heavy (non-hydrogen) atoms. The average Bonchev–Trinajstić information content (AvgIpc) is 3.28. The number of carbonyl (C=O) groups excluding carboxylic acids is 2. The van der Waals surface area contributed by atoms with E-state index in [1.165, 1.54) is 4.88 Å². The Morgan fingerprint density at radius 2 is 2.04 bits per heavy atom. The minimum absolute atomic E-state index is 0.0482. The van der Waals surface area contributed by atoms with Crippen molar-refractivity contribution in [2.45, 2.75) is 39.0 Å². The number of aromatic amines is 1. The summed E-state index contributed by atoms with van der Waals surface area (Å²) in [5.74, 6) is 0.150. The molecule has 1 aliphatic rings. The lowest BCUT2D eigenvalue weighted by molar-refractivity contribution is -0.131. The van der Waals surface area contributed by atoms with E-state index < -0.39 is 0 Å². The second kappa shape index (κ2) is 8.98. The second-order valence-corrected chi connectivity index (χ2v) is 7.62. The lowest BCUT2D eigenvalue weighted by Crippen LogP contribution is -2.37. The maximum absolute atomic E-state index is 12.6. The number of amides is 2. The van der Waals surface area contributed by atoms with Crippen LogP contribution in [0.1, 0.15) is 47.2 Å². The number of hydrogen-bond donors (Lipinski definition) is 1. The molecule has 0 bridgehead atoms. The molecule has 2 amide bonds. The molecule has 0 radical (unpaired) electrons. The zero-order valence-corrected chi connectivity index (χ0v) is 16.1. The van der Waals surface area contributed by atoms with Gasteiger partial charge in [-0.05, 0) is 43.2 Å². The van der Waals surface area contributed by atoms with Gasteiger partial charge >= 0.3 is 0 Å². The summed E-state index contributed by atoms with van der Waals surface area (Å²) in [5.41, 5.74) is 1.43. The van der Waals surface area contributed by atoms with Gasteiger partial charge in [0.15, 0.2) is 0 Å². The number of aryl methyl sites for hydroxylation is 2. The highest BCUT2D eigenvalue weighted by Gasteiger charge is 2.24. The second-order valence-electron chi connectivity index (χ2n) is 6.59. The zero-order valence-electron chi connectivity index (χ0n) is 15.2. The molecule has 2 aromatic heterocycles. The largest absolute Gasteiger partial charge is 0.341 e. The van der Waals surface area contributed by atoms with Crippen LogP contribution >= 0.6 is 11.3 Å². The van der Waals surface area contributed by atoms with Gasteiger partial charge in [0, 0.05) is 43.2 Å². The summed E-state index contributed by atoms with van der Waals surface area (Å²) in [6, 6.07) is 5.98. The molecule has 0 spiro atoms. The lowest BCUT2D eigenvalue weighted by atomic mass is 10.2. The molecule has 0 aliphatic carbocycles. The first-order chi connectivity index (χ1) is 12.7. The highest BCUT2D eigenvalue weighted by molar-refractivity contribution is 7.09. The van der Waals surface area contributed by atoms with Crippen LogP contribution in [0.25, 0.3) is 0 Å². The van der Waals surface area contributed by atoms with Crippen molar-refractivity contribution >= 4 is 23.2 Å². The van der Waals surface area contributed by atoms with Gasteiger partial charge in [-0.2, -0.15) is 5.10 Å². The van der Waals surface area contributed by atoms with Gasteiger partial charge in [0.2, 0.25) is 5.91 Å². The molecule has 1 N–H and O–H groups in total. The Morgan fingerprint density at radius 3 is 2.77 bits per heavy atom. The number of rotatable bonds is 6. The maximum Gasteiger partial charge on any atom is 0.274 e. The third-order valence-corrected chi connectivity index (χ3v) is 5.70. The molecular weight excluding hydrogens is 348 g/mol. The van der Waals surface area contributed by atoms with Gasteiger partial charge in [-0.1, -0.05) is 13.0 Å². The van der Waals surface area contributed by atoms with Crippen LogP contribution < -0.4 is 0 Å². The van der Waals surface area contributed by atoms with E-state index in [4.69, 9.17) is 0 Å². The summed E-state index contributed by atoms with van der Waals surface area (Å²) in [6.07, 6.45) is 4.05. The fraction of sp³-hybridized carbons (Fsp3) is 0.526. The molecule has 7 heteroatoms. The predicted octanol–water partition coefficient (Wildman–Crippen LogP) is 2.73. The Kier molecular flexibility index (Phi) is 6.44. The monoisotopic (exact) mass is 374 g/mol. The number of nitrogens with zero attached hydrogens (tertiary/aromatic N) is 3. The molecule has 1 aliphatic heterocycles. The Labute approximate surface area is 158 Å². The number of hydrogen-bond acceptors (Lipinski definition) is 4. The zero-order chi connectivity index (χ0) is 18.4. The molecule has 0 saturated carbocycles. The third kappa shape index (κ3) is 4.72. The first-order valence-corrected chi connectivity index (χ1v) is 10.2. The number of H-pyrrole nitrogens is 1. The molecule has 1 saturated heterocycles. The van der Waals surface area contributed by atoms with Gasteiger partial charge in [-0.3, -0.25) is 14.7 Å². The van der Waals surface area contributed by atoms with Gasteiger partial charge in [-0.15, -0.1) is 11.3 Å². The lowest BCUT2D eigenvalue weighted by Gasteiger charge is -2.21. The normalized spacial score (nSPS) is 15.1. The Balaban J connectivity index is 1.47. The molecule has 0 unspecified atom stereocenters. The van der Waals surface area contributed by atoms with Crippen molar-refractivity contribution in [1.82, 2.24) is 20.0 Å². The highest BCUT2D eigenvalue weighted by Crippen LogP contribution is 2.14. The summed E-state index contributed by atoms with van der Waals surface area (Å²) < 4.78 is 0. The van der Waals surface area contributed by atoms with E-state index in [1.54, 1.807) is 11.3 Å². The van der Waals surface area contributed by atoms with Gasteiger partial charge in [0.05, 0.1) is 0 Å². The van der Waals surface area contributed by atoms with E-state index in [0.717, 1.165) is 37.9 Å². The molecule has 3 rings (SSSR count). The quantitative estimate of drug-likeness (QED) is 0.845. The van der Waals surface area contributed by atoms with Crippen LogP contribution in [-0.2, 0) is 17.6 Å². The fourth-order valence-electron chi connectivity index (χ4n) is 3.21. The molecule has 0 atom stereocenters. The predicted molar refractivity (Wildman–Crippen MR) is 102 cm³/mol. The van der Waals surface area contributed by atoms with Gasteiger partial charge in [-0.25, -0.2) is 0 Å². The first-order valence-electron chi connectivity index (χ1n) is 9.31. The number of aromatic nitrogens is 2. The average molecular weight is 375 g/mol. The molecule has 6 nitrogen and oxygen atoms in total. The third-order valence-electron chi connectivity index (χ3n) is 4.76. The summed E-state index contributed by atoms with van der Waals surface area (Å²) in [7, 11) is 0. The van der Waals surface area contributed by atoms with E-state index >= 15 is 0 Å².